The Hall–Kier alpha value is -0.570. The summed E-state index contributed by atoms with van der Waals surface area (Å²) in [5, 5.41) is 8.38. The van der Waals surface area contributed by atoms with Gasteiger partial charge in [-0.25, -0.2) is 0 Å². The number of hydrogen-bond acceptors (Lipinski definition) is 2. The van der Waals surface area contributed by atoms with Crippen LogP contribution in [0, 0.1) is 12.8 Å². The fourth-order valence-corrected chi connectivity index (χ4v) is 0.585. The third kappa shape index (κ3) is 3.08. The van der Waals surface area contributed by atoms with E-state index in [0.717, 1.165) is 0 Å². The smallest absolute Gasteiger partial charge is 0.220 e. The van der Waals surface area contributed by atoms with Crippen LogP contribution in [-0.4, -0.2) is 17.6 Å². The van der Waals surface area contributed by atoms with Crippen molar-refractivity contribution in [3.05, 3.63) is 6.92 Å². The van der Waals surface area contributed by atoms with Gasteiger partial charge in [-0.3, -0.25) is 4.79 Å². The van der Waals surface area contributed by atoms with Crippen LogP contribution in [-0.2, 0) is 4.79 Å². The number of nitrogens with two attached hydrogens (primary N) is 1. The molecular weight excluding hydrogens is 118 g/mol. The Morgan fingerprint density at radius 1 is 1.78 bits per heavy atom. The van der Waals surface area contributed by atoms with Crippen molar-refractivity contribution >= 4 is 5.91 Å². The summed E-state index contributed by atoms with van der Waals surface area (Å²) in [4.78, 5) is 10.4. The van der Waals surface area contributed by atoms with Crippen molar-refractivity contribution in [1.29, 1.82) is 0 Å². The Balaban J connectivity index is 3.54. The molecule has 1 atom stereocenters. The van der Waals surface area contributed by atoms with Gasteiger partial charge in [-0.15, -0.1) is 0 Å². The van der Waals surface area contributed by atoms with Crippen molar-refractivity contribution in [2.75, 3.05) is 6.61 Å². The number of aliphatic hydroxyl groups is 1. The highest BCUT2D eigenvalue weighted by atomic mass is 16.3. The van der Waals surface area contributed by atoms with Gasteiger partial charge in [0.2, 0.25) is 5.91 Å². The van der Waals surface area contributed by atoms with Crippen LogP contribution in [0.1, 0.15) is 12.8 Å². The molecule has 53 valence electrons. The lowest BCUT2D eigenvalue weighted by Gasteiger charge is -2.06. The summed E-state index contributed by atoms with van der Waals surface area (Å²) in [5.41, 5.74) is 4.94. The van der Waals surface area contributed by atoms with E-state index in [1.807, 2.05) is 0 Å². The molecule has 0 aromatic rings. The predicted octanol–water partition coefficient (Wildman–Crippen LogP) is -0.306. The minimum atomic E-state index is -0.376. The number of rotatable bonds is 4. The third-order valence-corrected chi connectivity index (χ3v) is 1.23. The Morgan fingerprint density at radius 2 is 2.33 bits per heavy atom. The van der Waals surface area contributed by atoms with Crippen LogP contribution >= 0.6 is 0 Å². The molecule has 0 spiro atoms. The second-order valence-corrected chi connectivity index (χ2v) is 1.90. The first-order chi connectivity index (χ1) is 4.22. The maximum Gasteiger partial charge on any atom is 0.220 e. The molecule has 1 radical (unpaired) electrons. The van der Waals surface area contributed by atoms with Gasteiger partial charge >= 0.3 is 0 Å². The maximum atomic E-state index is 10.4. The zero-order valence-corrected chi connectivity index (χ0v) is 5.34. The van der Waals surface area contributed by atoms with E-state index in [0.29, 0.717) is 12.8 Å². The van der Waals surface area contributed by atoms with E-state index in [1.165, 1.54) is 0 Å². The molecule has 0 heterocycles. The zero-order valence-electron chi connectivity index (χ0n) is 5.34. The highest BCUT2D eigenvalue weighted by Crippen LogP contribution is 2.04. The number of primary amides is 1. The first-order valence-electron chi connectivity index (χ1n) is 2.91. The predicted molar refractivity (Wildman–Crippen MR) is 34.4 cm³/mol. The molecule has 9 heavy (non-hydrogen) atoms. The highest BCUT2D eigenvalue weighted by molar-refractivity contribution is 5.76. The lowest BCUT2D eigenvalue weighted by Crippen LogP contribution is -2.23. The summed E-state index contributed by atoms with van der Waals surface area (Å²) in [5.74, 6) is -0.631. The van der Waals surface area contributed by atoms with Crippen LogP contribution < -0.4 is 5.73 Å². The highest BCUT2D eigenvalue weighted by Gasteiger charge is 2.10. The largest absolute Gasteiger partial charge is 0.396 e. The molecule has 0 saturated heterocycles. The quantitative estimate of drug-likeness (QED) is 0.548. The standard InChI is InChI=1S/C6H12NO2/c1-2-5(3-4-8)6(7)9/h5,8H,1-4H2,(H2,7,9). The van der Waals surface area contributed by atoms with Crippen molar-refractivity contribution in [3.63, 3.8) is 0 Å². The average Bonchev–Trinajstić information content (AvgIpc) is 1.82. The Bertz CT molecular complexity index is 93.1. The van der Waals surface area contributed by atoms with Gasteiger partial charge in [0, 0.05) is 12.5 Å². The molecule has 1 amide bonds. The van der Waals surface area contributed by atoms with Crippen molar-refractivity contribution in [2.45, 2.75) is 12.8 Å². The Labute approximate surface area is 54.9 Å². The van der Waals surface area contributed by atoms with Gasteiger partial charge in [-0.2, -0.15) is 0 Å². The van der Waals surface area contributed by atoms with Crippen LogP contribution in [0.2, 0.25) is 0 Å². The summed E-state index contributed by atoms with van der Waals surface area (Å²) in [6.07, 6.45) is 0.898. The number of amides is 1. The van der Waals surface area contributed by atoms with Crippen LogP contribution in [0.15, 0.2) is 0 Å². The van der Waals surface area contributed by atoms with E-state index < -0.39 is 0 Å². The Morgan fingerprint density at radius 3 is 2.44 bits per heavy atom. The van der Waals surface area contributed by atoms with E-state index in [4.69, 9.17) is 10.8 Å². The molecule has 0 fully saturated rings. The molecule has 0 rings (SSSR count). The van der Waals surface area contributed by atoms with E-state index in [-0.39, 0.29) is 18.4 Å². The topological polar surface area (TPSA) is 63.3 Å². The number of aliphatic hydroxyl groups excluding tert-OH is 1. The van der Waals surface area contributed by atoms with E-state index >= 15 is 0 Å². The minimum Gasteiger partial charge on any atom is -0.396 e. The lowest BCUT2D eigenvalue weighted by molar-refractivity contribution is -0.122. The SMILES string of the molecule is [CH2]CC(CCO)C(N)=O. The summed E-state index contributed by atoms with van der Waals surface area (Å²) < 4.78 is 0. The van der Waals surface area contributed by atoms with Gasteiger partial charge in [0.25, 0.3) is 0 Å². The number of carbonyl (C=O) groups is 1. The molecule has 0 bridgehead atoms. The molecule has 3 heteroatoms. The van der Waals surface area contributed by atoms with E-state index in [9.17, 15) is 4.79 Å². The summed E-state index contributed by atoms with van der Waals surface area (Å²) in [6.45, 7) is 3.52. The second-order valence-electron chi connectivity index (χ2n) is 1.90. The monoisotopic (exact) mass is 130 g/mol. The lowest BCUT2D eigenvalue weighted by atomic mass is 10.0. The van der Waals surface area contributed by atoms with Crippen molar-refractivity contribution in [3.8, 4) is 0 Å². The van der Waals surface area contributed by atoms with Gasteiger partial charge in [0.1, 0.15) is 0 Å². The molecule has 0 aromatic carbocycles. The van der Waals surface area contributed by atoms with Crippen LogP contribution in [0.25, 0.3) is 0 Å². The molecule has 3 N–H and O–H groups in total. The fourth-order valence-electron chi connectivity index (χ4n) is 0.585. The van der Waals surface area contributed by atoms with Gasteiger partial charge in [0.05, 0.1) is 0 Å². The number of hydrogen-bond donors (Lipinski definition) is 2. The zero-order chi connectivity index (χ0) is 7.28. The van der Waals surface area contributed by atoms with Gasteiger partial charge in [-0.1, -0.05) is 6.92 Å². The molecule has 3 nitrogen and oxygen atoms in total. The van der Waals surface area contributed by atoms with Crippen LogP contribution in [0.5, 0.6) is 0 Å². The normalized spacial score (nSPS) is 13.1. The number of carbonyl (C=O) groups excluding carboxylic acids is 1. The average molecular weight is 130 g/mol. The first-order valence-corrected chi connectivity index (χ1v) is 2.91. The Kier molecular flexibility index (Phi) is 4.05. The minimum absolute atomic E-state index is 0.00310. The van der Waals surface area contributed by atoms with Crippen LogP contribution in [0.4, 0.5) is 0 Å². The summed E-state index contributed by atoms with van der Waals surface area (Å²) in [7, 11) is 0. The summed E-state index contributed by atoms with van der Waals surface area (Å²) in [6, 6.07) is 0. The van der Waals surface area contributed by atoms with Crippen LogP contribution in [0.3, 0.4) is 0 Å². The second kappa shape index (κ2) is 4.32. The van der Waals surface area contributed by atoms with Gasteiger partial charge in [-0.05, 0) is 12.8 Å². The van der Waals surface area contributed by atoms with E-state index in [1.54, 1.807) is 0 Å². The summed E-state index contributed by atoms with van der Waals surface area (Å²) >= 11 is 0. The third-order valence-electron chi connectivity index (χ3n) is 1.23. The first kappa shape index (κ1) is 8.43. The van der Waals surface area contributed by atoms with E-state index in [2.05, 4.69) is 6.92 Å². The van der Waals surface area contributed by atoms with Gasteiger partial charge in [0.15, 0.2) is 0 Å². The molecule has 0 aliphatic rings. The molecule has 0 saturated carbocycles. The fraction of sp³-hybridized carbons (Fsp3) is 0.667. The maximum absolute atomic E-state index is 10.4. The molecule has 0 aliphatic heterocycles. The van der Waals surface area contributed by atoms with Gasteiger partial charge < -0.3 is 10.8 Å². The van der Waals surface area contributed by atoms with Crippen molar-refractivity contribution in [2.24, 2.45) is 11.7 Å². The molecule has 1 unspecified atom stereocenters. The molecular formula is C6H12NO2. The molecule has 0 aromatic heterocycles. The molecule has 0 aliphatic carbocycles. The van der Waals surface area contributed by atoms with Crippen molar-refractivity contribution in [1.82, 2.24) is 0 Å². The van der Waals surface area contributed by atoms with Crippen molar-refractivity contribution < 1.29 is 9.90 Å².